The molecule has 27 heavy (non-hydrogen) atoms. The van der Waals surface area contributed by atoms with Gasteiger partial charge in [-0.1, -0.05) is 51.9 Å². The first-order valence-corrected chi connectivity index (χ1v) is 10.6. The fourth-order valence-electron chi connectivity index (χ4n) is 3.45. The summed E-state index contributed by atoms with van der Waals surface area (Å²) in [6, 6.07) is -0.328. The fraction of sp³-hybridized carbons (Fsp3) is 0.810. The third kappa shape index (κ3) is 9.09. The van der Waals surface area contributed by atoms with Crippen LogP contribution in [0.2, 0.25) is 0 Å². The smallest absolute Gasteiger partial charge is 0.243 e. The Labute approximate surface area is 163 Å². The summed E-state index contributed by atoms with van der Waals surface area (Å²) in [6.07, 6.45) is 10.9. The maximum absolute atomic E-state index is 12.3. The second kappa shape index (κ2) is 14.3. The van der Waals surface area contributed by atoms with Crippen LogP contribution in [0.1, 0.15) is 84.5 Å². The van der Waals surface area contributed by atoms with Crippen molar-refractivity contribution in [1.82, 2.24) is 10.2 Å². The van der Waals surface area contributed by atoms with E-state index in [1.807, 2.05) is 12.9 Å². The summed E-state index contributed by atoms with van der Waals surface area (Å²) < 4.78 is 5.19. The molecule has 0 bridgehead atoms. The molecule has 1 rings (SSSR count). The van der Waals surface area contributed by atoms with Crippen molar-refractivity contribution in [1.29, 1.82) is 0 Å². The topological polar surface area (TPSA) is 75.7 Å². The van der Waals surface area contributed by atoms with Gasteiger partial charge in [-0.2, -0.15) is 0 Å². The van der Waals surface area contributed by atoms with Gasteiger partial charge in [0.15, 0.2) is 11.7 Å². The second-order valence-corrected chi connectivity index (χ2v) is 7.15. The van der Waals surface area contributed by atoms with Gasteiger partial charge in [0.2, 0.25) is 11.8 Å². The first-order chi connectivity index (χ1) is 13.1. The average Bonchev–Trinajstić information content (AvgIpc) is 2.67. The highest BCUT2D eigenvalue weighted by Crippen LogP contribution is 2.17. The van der Waals surface area contributed by atoms with Crippen LogP contribution in [0.25, 0.3) is 0 Å². The molecule has 6 heteroatoms. The Kier molecular flexibility index (Phi) is 12.3. The van der Waals surface area contributed by atoms with Crippen LogP contribution in [-0.4, -0.2) is 48.4 Å². The van der Waals surface area contributed by atoms with E-state index in [4.69, 9.17) is 4.74 Å². The lowest BCUT2D eigenvalue weighted by atomic mass is 10.0. The van der Waals surface area contributed by atoms with Gasteiger partial charge in [0.05, 0.1) is 13.2 Å². The fourth-order valence-corrected chi connectivity index (χ4v) is 3.45. The summed E-state index contributed by atoms with van der Waals surface area (Å²) in [5.74, 6) is 2.18. The van der Waals surface area contributed by atoms with E-state index >= 15 is 0 Å². The normalized spacial score (nSPS) is 16.8. The van der Waals surface area contributed by atoms with Crippen molar-refractivity contribution >= 4 is 17.8 Å². The van der Waals surface area contributed by atoms with Crippen molar-refractivity contribution in [2.75, 3.05) is 19.7 Å². The number of carbonyl (C=O) groups excluding carboxylic acids is 3. The third-order valence-electron chi connectivity index (χ3n) is 4.98. The van der Waals surface area contributed by atoms with Gasteiger partial charge in [0.1, 0.15) is 6.04 Å². The number of nitrogens with zero attached hydrogens (tertiary/aromatic N) is 1. The first kappa shape index (κ1) is 23.2. The van der Waals surface area contributed by atoms with E-state index < -0.39 is 0 Å². The summed E-state index contributed by atoms with van der Waals surface area (Å²) in [6.45, 7) is 5.22. The van der Waals surface area contributed by atoms with E-state index in [0.29, 0.717) is 25.3 Å². The lowest BCUT2D eigenvalue weighted by molar-refractivity contribution is -0.146. The minimum absolute atomic E-state index is 0.00776. The highest BCUT2D eigenvalue weighted by Gasteiger charge is 2.33. The number of allylic oxidation sites excluding steroid dienone is 1. The lowest BCUT2D eigenvalue weighted by Crippen LogP contribution is -2.58. The molecule has 1 N–H and O–H groups in total. The van der Waals surface area contributed by atoms with E-state index in [1.165, 1.54) is 25.7 Å². The second-order valence-electron chi connectivity index (χ2n) is 7.15. The molecule has 154 valence electrons. The molecular weight excluding hydrogens is 344 g/mol. The Balaban J connectivity index is 2.36. The molecule has 0 aromatic carbocycles. The van der Waals surface area contributed by atoms with Crippen LogP contribution in [0.3, 0.4) is 0 Å². The largest absolute Gasteiger partial charge is 0.487 e. The third-order valence-corrected chi connectivity index (χ3v) is 4.98. The molecule has 1 saturated heterocycles. The number of amides is 2. The zero-order valence-electron chi connectivity index (χ0n) is 17.1. The Morgan fingerprint density at radius 3 is 2.48 bits per heavy atom. The van der Waals surface area contributed by atoms with Crippen molar-refractivity contribution in [2.24, 2.45) is 0 Å². The van der Waals surface area contributed by atoms with E-state index in [0.717, 1.165) is 38.5 Å². The van der Waals surface area contributed by atoms with Gasteiger partial charge in [-0.3, -0.25) is 9.59 Å². The summed E-state index contributed by atoms with van der Waals surface area (Å²) >= 11 is 0. The molecule has 0 spiro atoms. The molecule has 1 atom stereocenters. The highest BCUT2D eigenvalue weighted by atomic mass is 16.5. The Bertz CT molecular complexity index is 500. The number of piperazine rings is 1. The van der Waals surface area contributed by atoms with E-state index in [9.17, 15) is 14.4 Å². The number of unbranched alkanes of at least 4 members (excludes halogenated alkanes) is 7. The summed E-state index contributed by atoms with van der Waals surface area (Å²) in [4.78, 5) is 37.0. The number of rotatable bonds is 15. The van der Waals surface area contributed by atoms with Crippen molar-refractivity contribution in [3.05, 3.63) is 5.76 Å². The predicted octanol–water partition coefficient (Wildman–Crippen LogP) is 3.38. The minimum atomic E-state index is -0.328. The molecule has 1 heterocycles. The number of ether oxygens (including phenoxy) is 1. The van der Waals surface area contributed by atoms with Crippen molar-refractivity contribution in [3.8, 4) is 0 Å². The van der Waals surface area contributed by atoms with Crippen LogP contribution in [0, 0.1) is 0 Å². The van der Waals surface area contributed by atoms with E-state index in [1.54, 1.807) is 4.90 Å². The number of nitrogens with one attached hydrogen (secondary N) is 1. The zero-order valence-corrected chi connectivity index (χ0v) is 17.1. The standard InChI is InChI=1S/C21H36N2O4/c1-3-5-6-7-8-11-14-19-21(26)22-16-20(25)23(19)15-12-9-10-13-18(17-24)27-4-2/h19H,3-16H2,1-2H3,(H,22,26). The van der Waals surface area contributed by atoms with Crippen LogP contribution >= 0.6 is 0 Å². The first-order valence-electron chi connectivity index (χ1n) is 10.6. The Morgan fingerprint density at radius 2 is 1.78 bits per heavy atom. The van der Waals surface area contributed by atoms with Crippen LogP contribution in [0.5, 0.6) is 0 Å². The maximum atomic E-state index is 12.3. The number of hydrogen-bond acceptors (Lipinski definition) is 4. The Hall–Kier alpha value is -1.81. The molecule has 0 aromatic heterocycles. The van der Waals surface area contributed by atoms with Crippen LogP contribution in [-0.2, 0) is 19.1 Å². The highest BCUT2D eigenvalue weighted by molar-refractivity contribution is 5.94. The molecule has 6 nitrogen and oxygen atoms in total. The SMILES string of the molecule is CCCCCCCCC1C(=O)NCC(=O)N1CCCCCC(=C=O)OCC. The van der Waals surface area contributed by atoms with Gasteiger partial charge in [-0.15, -0.1) is 0 Å². The molecule has 0 aromatic rings. The van der Waals surface area contributed by atoms with E-state index in [-0.39, 0.29) is 24.4 Å². The Morgan fingerprint density at radius 1 is 1.07 bits per heavy atom. The molecule has 2 amide bonds. The van der Waals surface area contributed by atoms with Gasteiger partial charge in [-0.05, 0) is 26.2 Å². The van der Waals surface area contributed by atoms with E-state index in [2.05, 4.69) is 12.2 Å². The van der Waals surface area contributed by atoms with Gasteiger partial charge < -0.3 is 15.0 Å². The molecular formula is C21H36N2O4. The number of hydrogen-bond donors (Lipinski definition) is 1. The molecule has 1 unspecified atom stereocenters. The van der Waals surface area contributed by atoms with Crippen molar-refractivity contribution in [2.45, 2.75) is 90.5 Å². The zero-order chi connectivity index (χ0) is 19.9. The molecule has 1 fully saturated rings. The minimum Gasteiger partial charge on any atom is -0.487 e. The van der Waals surface area contributed by atoms with Crippen LogP contribution < -0.4 is 5.32 Å². The summed E-state index contributed by atoms with van der Waals surface area (Å²) in [7, 11) is 0. The quantitative estimate of drug-likeness (QED) is 0.268. The monoisotopic (exact) mass is 380 g/mol. The van der Waals surface area contributed by atoms with Crippen LogP contribution in [0.4, 0.5) is 0 Å². The van der Waals surface area contributed by atoms with Gasteiger partial charge in [0, 0.05) is 13.0 Å². The van der Waals surface area contributed by atoms with Gasteiger partial charge in [-0.25, -0.2) is 4.79 Å². The number of carbonyl (C=O) groups is 2. The maximum Gasteiger partial charge on any atom is 0.243 e. The summed E-state index contributed by atoms with van der Waals surface area (Å²) in [5.41, 5.74) is 0. The molecule has 1 aliphatic rings. The molecule has 0 radical (unpaired) electrons. The average molecular weight is 381 g/mol. The van der Waals surface area contributed by atoms with Gasteiger partial charge in [0.25, 0.3) is 0 Å². The lowest BCUT2D eigenvalue weighted by Gasteiger charge is -2.35. The van der Waals surface area contributed by atoms with Crippen molar-refractivity contribution < 1.29 is 19.1 Å². The van der Waals surface area contributed by atoms with Crippen LogP contribution in [0.15, 0.2) is 5.76 Å². The van der Waals surface area contributed by atoms with Gasteiger partial charge >= 0.3 is 0 Å². The molecule has 0 saturated carbocycles. The molecule has 0 aliphatic carbocycles. The summed E-state index contributed by atoms with van der Waals surface area (Å²) in [5, 5.41) is 2.72. The molecule has 1 aliphatic heterocycles. The van der Waals surface area contributed by atoms with Crippen molar-refractivity contribution in [3.63, 3.8) is 0 Å². The predicted molar refractivity (Wildman–Crippen MR) is 106 cm³/mol.